The molecule has 1 aromatic rings. The zero-order valence-electron chi connectivity index (χ0n) is 10.7. The van der Waals surface area contributed by atoms with Crippen molar-refractivity contribution in [1.82, 2.24) is 4.72 Å². The molecule has 0 saturated heterocycles. The van der Waals surface area contributed by atoms with Crippen LogP contribution in [0, 0.1) is 15.9 Å². The quantitative estimate of drug-likeness (QED) is 0.580. The molecule has 0 radical (unpaired) electrons. The first-order valence-electron chi connectivity index (χ1n) is 5.89. The lowest BCUT2D eigenvalue weighted by atomic mass is 10.2. The normalized spacial score (nSPS) is 13.2. The van der Waals surface area contributed by atoms with Gasteiger partial charge in [0.2, 0.25) is 10.0 Å². The summed E-state index contributed by atoms with van der Waals surface area (Å²) < 4.78 is 39.3. The standard InChI is InChI=1S/C11H15FN2O5S/c1-2-9(15)5-6-13-20(18,19)11-4-3-8(14(16)17)7-10(11)12/h3-4,7,9,13,15H,2,5-6H2,1H3. The average molecular weight is 306 g/mol. The molecule has 0 amide bonds. The minimum Gasteiger partial charge on any atom is -0.393 e. The van der Waals surface area contributed by atoms with E-state index in [1.54, 1.807) is 6.92 Å². The third-order valence-corrected chi connectivity index (χ3v) is 4.15. The number of rotatable bonds is 7. The Bertz CT molecular complexity index is 590. The van der Waals surface area contributed by atoms with Gasteiger partial charge in [0.15, 0.2) is 0 Å². The summed E-state index contributed by atoms with van der Waals surface area (Å²) in [6.45, 7) is 1.70. The van der Waals surface area contributed by atoms with E-state index in [0.29, 0.717) is 12.5 Å². The van der Waals surface area contributed by atoms with E-state index in [9.17, 15) is 28.0 Å². The summed E-state index contributed by atoms with van der Waals surface area (Å²) >= 11 is 0. The number of halogens is 1. The highest BCUT2D eigenvalue weighted by Crippen LogP contribution is 2.20. The van der Waals surface area contributed by atoms with Crippen molar-refractivity contribution in [2.24, 2.45) is 0 Å². The number of nitrogens with zero attached hydrogens (tertiary/aromatic N) is 1. The van der Waals surface area contributed by atoms with Crippen molar-refractivity contribution in [2.45, 2.75) is 30.8 Å². The molecular formula is C11H15FN2O5S. The van der Waals surface area contributed by atoms with Gasteiger partial charge in [0.25, 0.3) is 5.69 Å². The molecular weight excluding hydrogens is 291 g/mol. The van der Waals surface area contributed by atoms with E-state index in [1.165, 1.54) is 0 Å². The molecule has 7 nitrogen and oxygen atoms in total. The molecule has 1 aromatic carbocycles. The van der Waals surface area contributed by atoms with Crippen LogP contribution in [0.25, 0.3) is 0 Å². The number of hydrogen-bond acceptors (Lipinski definition) is 5. The Morgan fingerprint density at radius 3 is 2.65 bits per heavy atom. The molecule has 2 N–H and O–H groups in total. The summed E-state index contributed by atoms with van der Waals surface area (Å²) in [7, 11) is -4.10. The molecule has 1 atom stereocenters. The van der Waals surface area contributed by atoms with E-state index in [-0.39, 0.29) is 13.0 Å². The van der Waals surface area contributed by atoms with E-state index in [1.807, 2.05) is 0 Å². The zero-order valence-corrected chi connectivity index (χ0v) is 11.6. The minimum absolute atomic E-state index is 0.0478. The largest absolute Gasteiger partial charge is 0.393 e. The Morgan fingerprint density at radius 2 is 2.15 bits per heavy atom. The van der Waals surface area contributed by atoms with Crippen LogP contribution in [0.5, 0.6) is 0 Å². The van der Waals surface area contributed by atoms with Crippen LogP contribution < -0.4 is 4.72 Å². The number of aliphatic hydroxyl groups is 1. The number of benzene rings is 1. The van der Waals surface area contributed by atoms with Gasteiger partial charge in [-0.25, -0.2) is 17.5 Å². The monoisotopic (exact) mass is 306 g/mol. The first kappa shape index (κ1) is 16.5. The lowest BCUT2D eigenvalue weighted by Crippen LogP contribution is -2.28. The Kier molecular flexibility index (Phi) is 5.54. The molecule has 20 heavy (non-hydrogen) atoms. The van der Waals surface area contributed by atoms with Crippen LogP contribution in [0.15, 0.2) is 23.1 Å². The summed E-state index contributed by atoms with van der Waals surface area (Å²) in [5.74, 6) is -1.19. The van der Waals surface area contributed by atoms with Gasteiger partial charge in [0.05, 0.1) is 17.1 Å². The molecule has 0 saturated carbocycles. The lowest BCUT2D eigenvalue weighted by molar-refractivity contribution is -0.385. The van der Waals surface area contributed by atoms with Crippen LogP contribution >= 0.6 is 0 Å². The second-order valence-electron chi connectivity index (χ2n) is 4.12. The third-order valence-electron chi connectivity index (χ3n) is 2.66. The number of aliphatic hydroxyl groups excluding tert-OH is 1. The van der Waals surface area contributed by atoms with Gasteiger partial charge in [-0.2, -0.15) is 0 Å². The second-order valence-corrected chi connectivity index (χ2v) is 5.86. The summed E-state index contributed by atoms with van der Waals surface area (Å²) in [6, 6.07) is 2.31. The maximum atomic E-state index is 13.6. The van der Waals surface area contributed by atoms with Crippen LogP contribution in [0.1, 0.15) is 19.8 Å². The van der Waals surface area contributed by atoms with Gasteiger partial charge in [-0.1, -0.05) is 6.92 Å². The highest BCUT2D eigenvalue weighted by molar-refractivity contribution is 7.89. The maximum absolute atomic E-state index is 13.6. The molecule has 0 aliphatic heterocycles. The number of nitro groups is 1. The van der Waals surface area contributed by atoms with Gasteiger partial charge < -0.3 is 5.11 Å². The van der Waals surface area contributed by atoms with Crippen LogP contribution in [0.4, 0.5) is 10.1 Å². The Balaban J connectivity index is 2.85. The van der Waals surface area contributed by atoms with E-state index < -0.39 is 37.5 Å². The molecule has 1 rings (SSSR count). The molecule has 112 valence electrons. The molecule has 0 spiro atoms. The fourth-order valence-electron chi connectivity index (χ4n) is 1.46. The topological polar surface area (TPSA) is 110 Å². The average Bonchev–Trinajstić information content (AvgIpc) is 2.37. The van der Waals surface area contributed by atoms with Crippen molar-refractivity contribution < 1.29 is 22.8 Å². The number of nitro benzene ring substituents is 1. The molecule has 0 aliphatic rings. The van der Waals surface area contributed by atoms with Crippen LogP contribution in [-0.2, 0) is 10.0 Å². The fourth-order valence-corrected chi connectivity index (χ4v) is 2.57. The van der Waals surface area contributed by atoms with Crippen molar-refractivity contribution >= 4 is 15.7 Å². The highest BCUT2D eigenvalue weighted by atomic mass is 32.2. The highest BCUT2D eigenvalue weighted by Gasteiger charge is 2.21. The predicted octanol–water partition coefficient (Wildman–Crippen LogP) is 1.17. The number of nitrogens with one attached hydrogen (secondary N) is 1. The molecule has 1 unspecified atom stereocenters. The molecule has 9 heteroatoms. The summed E-state index contributed by atoms with van der Waals surface area (Å²) in [5, 5.41) is 19.7. The maximum Gasteiger partial charge on any atom is 0.272 e. The van der Waals surface area contributed by atoms with Crippen molar-refractivity contribution in [1.29, 1.82) is 0 Å². The van der Waals surface area contributed by atoms with Crippen molar-refractivity contribution in [3.05, 3.63) is 34.1 Å². The molecule has 0 aromatic heterocycles. The predicted molar refractivity (Wildman–Crippen MR) is 69.2 cm³/mol. The minimum atomic E-state index is -4.10. The Morgan fingerprint density at radius 1 is 1.50 bits per heavy atom. The second kappa shape index (κ2) is 6.73. The SMILES string of the molecule is CCC(O)CCNS(=O)(=O)c1ccc([N+](=O)[O-])cc1F. The number of hydrogen-bond donors (Lipinski definition) is 2. The van der Waals surface area contributed by atoms with E-state index in [0.717, 1.165) is 12.1 Å². The Hall–Kier alpha value is -1.58. The summed E-state index contributed by atoms with van der Waals surface area (Å²) in [5.41, 5.74) is -0.525. The van der Waals surface area contributed by atoms with E-state index >= 15 is 0 Å². The molecule has 0 bridgehead atoms. The first-order valence-corrected chi connectivity index (χ1v) is 7.38. The number of non-ortho nitro benzene ring substituents is 1. The summed E-state index contributed by atoms with van der Waals surface area (Å²) in [6.07, 6.45) is 0.0391. The van der Waals surface area contributed by atoms with Gasteiger partial charge in [-0.3, -0.25) is 10.1 Å². The van der Waals surface area contributed by atoms with Crippen LogP contribution in [0.2, 0.25) is 0 Å². The molecule has 0 aliphatic carbocycles. The molecule has 0 fully saturated rings. The van der Waals surface area contributed by atoms with Gasteiger partial charge in [-0.15, -0.1) is 0 Å². The van der Waals surface area contributed by atoms with Gasteiger partial charge in [0.1, 0.15) is 10.7 Å². The first-order chi connectivity index (χ1) is 9.27. The van der Waals surface area contributed by atoms with Crippen molar-refractivity contribution in [3.8, 4) is 0 Å². The zero-order chi connectivity index (χ0) is 15.3. The smallest absolute Gasteiger partial charge is 0.272 e. The van der Waals surface area contributed by atoms with Gasteiger partial charge in [0, 0.05) is 12.6 Å². The van der Waals surface area contributed by atoms with Gasteiger partial charge >= 0.3 is 0 Å². The van der Waals surface area contributed by atoms with Gasteiger partial charge in [-0.05, 0) is 18.9 Å². The van der Waals surface area contributed by atoms with Crippen molar-refractivity contribution in [3.63, 3.8) is 0 Å². The lowest BCUT2D eigenvalue weighted by Gasteiger charge is -2.10. The fraction of sp³-hybridized carbons (Fsp3) is 0.455. The Labute approximate surface area is 115 Å². The van der Waals surface area contributed by atoms with Crippen molar-refractivity contribution in [2.75, 3.05) is 6.54 Å². The van der Waals surface area contributed by atoms with E-state index in [4.69, 9.17) is 0 Å². The van der Waals surface area contributed by atoms with Crippen LogP contribution in [0.3, 0.4) is 0 Å². The summed E-state index contributed by atoms with van der Waals surface area (Å²) in [4.78, 5) is 8.97. The van der Waals surface area contributed by atoms with Crippen LogP contribution in [-0.4, -0.2) is 31.1 Å². The number of sulfonamides is 1. The third kappa shape index (κ3) is 4.22. The molecule has 0 heterocycles. The van der Waals surface area contributed by atoms with E-state index in [2.05, 4.69) is 4.72 Å².